The maximum absolute atomic E-state index is 12.2. The van der Waals surface area contributed by atoms with Crippen molar-refractivity contribution < 1.29 is 14.3 Å². The second kappa shape index (κ2) is 5.99. The predicted molar refractivity (Wildman–Crippen MR) is 86.4 cm³/mol. The lowest BCUT2D eigenvalue weighted by Gasteiger charge is -2.30. The highest BCUT2D eigenvalue weighted by Crippen LogP contribution is 2.41. The Balaban J connectivity index is 2.27. The molecule has 1 heterocycles. The number of ether oxygens (including phenoxy) is 1. The maximum atomic E-state index is 12.2. The molecule has 1 aliphatic rings. The number of nitrogens with one attached hydrogen (secondary N) is 1. The number of thiazole rings is 1. The summed E-state index contributed by atoms with van der Waals surface area (Å²) in [7, 11) is 0. The normalized spacial score (nSPS) is 17.3. The van der Waals surface area contributed by atoms with Crippen LogP contribution < -0.4 is 5.32 Å². The Morgan fingerprint density at radius 1 is 1.27 bits per heavy atom. The van der Waals surface area contributed by atoms with Crippen molar-refractivity contribution in [3.8, 4) is 0 Å². The Hall–Kier alpha value is -1.43. The van der Waals surface area contributed by atoms with E-state index in [2.05, 4.69) is 10.3 Å². The largest absolute Gasteiger partial charge is 0.444 e. The Labute approximate surface area is 135 Å². The van der Waals surface area contributed by atoms with Crippen LogP contribution in [0.4, 0.5) is 4.79 Å². The number of alkyl carbamates (subject to hydrolysis) is 1. The van der Waals surface area contributed by atoms with E-state index in [9.17, 15) is 9.59 Å². The molecule has 0 spiro atoms. The molecule has 122 valence electrons. The van der Waals surface area contributed by atoms with Crippen LogP contribution in [0.3, 0.4) is 0 Å². The molecule has 22 heavy (non-hydrogen) atoms. The Kier molecular flexibility index (Phi) is 4.61. The number of hydrogen-bond acceptors (Lipinski definition) is 5. The number of aromatic nitrogens is 1. The first-order valence-electron chi connectivity index (χ1n) is 7.63. The third-order valence-electron chi connectivity index (χ3n) is 3.72. The molecule has 2 rings (SSSR count). The van der Waals surface area contributed by atoms with Crippen molar-refractivity contribution in [2.75, 3.05) is 0 Å². The van der Waals surface area contributed by atoms with Crippen molar-refractivity contribution in [1.29, 1.82) is 0 Å². The molecule has 6 heteroatoms. The van der Waals surface area contributed by atoms with Gasteiger partial charge in [0.1, 0.15) is 10.6 Å². The zero-order valence-corrected chi connectivity index (χ0v) is 14.7. The van der Waals surface area contributed by atoms with Gasteiger partial charge in [-0.25, -0.2) is 9.78 Å². The number of carbonyl (C=O) groups excluding carboxylic acids is 2. The summed E-state index contributed by atoms with van der Waals surface area (Å²) in [4.78, 5) is 29.1. The standard InChI is InChI=1S/C16H24N2O3S/c1-10-12(11(2)19)22-13(17-10)16(8-6-7-9-16)18-14(20)21-15(3,4)5/h6-9H2,1-5H3,(H,18,20). The first kappa shape index (κ1) is 16.9. The zero-order valence-electron chi connectivity index (χ0n) is 13.9. The van der Waals surface area contributed by atoms with Gasteiger partial charge >= 0.3 is 6.09 Å². The molecule has 5 nitrogen and oxygen atoms in total. The average molecular weight is 324 g/mol. The van der Waals surface area contributed by atoms with E-state index in [-0.39, 0.29) is 5.78 Å². The van der Waals surface area contributed by atoms with Crippen molar-refractivity contribution in [3.05, 3.63) is 15.6 Å². The van der Waals surface area contributed by atoms with Crippen LogP contribution in [-0.4, -0.2) is 22.5 Å². The number of rotatable bonds is 3. The summed E-state index contributed by atoms with van der Waals surface area (Å²) in [6, 6.07) is 0. The van der Waals surface area contributed by atoms with Crippen LogP contribution in [-0.2, 0) is 10.3 Å². The molecule has 1 aromatic rings. The second-order valence-corrected chi connectivity index (χ2v) is 7.90. The molecular formula is C16H24N2O3S. The third-order valence-corrected chi connectivity index (χ3v) is 5.19. The maximum Gasteiger partial charge on any atom is 0.408 e. The van der Waals surface area contributed by atoms with E-state index < -0.39 is 17.2 Å². The van der Waals surface area contributed by atoms with Gasteiger partial charge in [-0.05, 0) is 40.5 Å². The van der Waals surface area contributed by atoms with E-state index in [4.69, 9.17) is 4.74 Å². The van der Waals surface area contributed by atoms with Crippen LogP contribution in [0.1, 0.15) is 73.8 Å². The summed E-state index contributed by atoms with van der Waals surface area (Å²) in [6.07, 6.45) is 3.30. The van der Waals surface area contributed by atoms with Gasteiger partial charge in [0.25, 0.3) is 0 Å². The van der Waals surface area contributed by atoms with E-state index in [1.54, 1.807) is 6.92 Å². The van der Waals surface area contributed by atoms with Crippen molar-refractivity contribution >= 4 is 23.2 Å². The van der Waals surface area contributed by atoms with Gasteiger partial charge in [0.15, 0.2) is 5.78 Å². The summed E-state index contributed by atoms with van der Waals surface area (Å²) in [5, 5.41) is 3.84. The molecule has 1 amide bonds. The minimum Gasteiger partial charge on any atom is -0.444 e. The fraction of sp³-hybridized carbons (Fsp3) is 0.688. The Morgan fingerprint density at radius 2 is 1.86 bits per heavy atom. The Bertz CT molecular complexity index is 581. The SMILES string of the molecule is CC(=O)c1sc(C2(NC(=O)OC(C)(C)C)CCCC2)nc1C. The highest BCUT2D eigenvalue weighted by atomic mass is 32.1. The molecule has 0 aliphatic heterocycles. The van der Waals surface area contributed by atoms with E-state index >= 15 is 0 Å². The lowest BCUT2D eigenvalue weighted by molar-refractivity contribution is 0.0453. The van der Waals surface area contributed by atoms with Gasteiger partial charge in [-0.3, -0.25) is 4.79 Å². The van der Waals surface area contributed by atoms with Gasteiger partial charge in [-0.15, -0.1) is 11.3 Å². The van der Waals surface area contributed by atoms with Crippen molar-refractivity contribution in [3.63, 3.8) is 0 Å². The van der Waals surface area contributed by atoms with Gasteiger partial charge in [0.05, 0.1) is 16.1 Å². The summed E-state index contributed by atoms with van der Waals surface area (Å²) in [5.41, 5.74) is -0.289. The molecule has 0 saturated heterocycles. The summed E-state index contributed by atoms with van der Waals surface area (Å²) in [6.45, 7) is 8.92. The molecular weight excluding hydrogens is 300 g/mol. The van der Waals surface area contributed by atoms with Gasteiger partial charge < -0.3 is 10.1 Å². The van der Waals surface area contributed by atoms with Gasteiger partial charge in [-0.1, -0.05) is 12.8 Å². The van der Waals surface area contributed by atoms with Crippen molar-refractivity contribution in [2.45, 2.75) is 71.4 Å². The molecule has 1 N–H and O–H groups in total. The summed E-state index contributed by atoms with van der Waals surface area (Å²) >= 11 is 1.39. The first-order chi connectivity index (χ1) is 10.1. The number of amides is 1. The zero-order chi connectivity index (χ0) is 16.5. The number of aryl methyl sites for hydroxylation is 1. The first-order valence-corrected chi connectivity index (χ1v) is 8.45. The van der Waals surface area contributed by atoms with E-state index in [0.29, 0.717) is 4.88 Å². The highest BCUT2D eigenvalue weighted by molar-refractivity contribution is 7.14. The van der Waals surface area contributed by atoms with Crippen LogP contribution >= 0.6 is 11.3 Å². The molecule has 0 radical (unpaired) electrons. The highest BCUT2D eigenvalue weighted by Gasteiger charge is 2.41. The number of hydrogen-bond donors (Lipinski definition) is 1. The molecule has 1 aromatic heterocycles. The fourth-order valence-corrected chi connectivity index (χ4v) is 3.96. The van der Waals surface area contributed by atoms with Gasteiger partial charge in [0.2, 0.25) is 0 Å². The number of nitrogens with zero attached hydrogens (tertiary/aromatic N) is 1. The van der Waals surface area contributed by atoms with Crippen LogP contribution in [0.25, 0.3) is 0 Å². The summed E-state index contributed by atoms with van der Waals surface area (Å²) < 4.78 is 5.39. The minimum absolute atomic E-state index is 0.0201. The molecule has 1 fully saturated rings. The smallest absolute Gasteiger partial charge is 0.408 e. The Morgan fingerprint density at radius 3 is 2.32 bits per heavy atom. The monoisotopic (exact) mass is 324 g/mol. The number of Topliss-reactive ketones (excluding diaryl/α,β-unsaturated/α-hetero) is 1. The van der Waals surface area contributed by atoms with Crippen LogP contribution in [0.5, 0.6) is 0 Å². The van der Waals surface area contributed by atoms with Crippen molar-refractivity contribution in [2.24, 2.45) is 0 Å². The number of ketones is 1. The van der Waals surface area contributed by atoms with E-state index in [1.165, 1.54) is 11.3 Å². The topological polar surface area (TPSA) is 68.3 Å². The minimum atomic E-state index is -0.535. The van der Waals surface area contributed by atoms with Crippen LogP contribution in [0.2, 0.25) is 0 Å². The number of carbonyl (C=O) groups is 2. The van der Waals surface area contributed by atoms with Crippen LogP contribution in [0, 0.1) is 6.92 Å². The van der Waals surface area contributed by atoms with E-state index in [1.807, 2.05) is 27.7 Å². The van der Waals surface area contributed by atoms with Crippen LogP contribution in [0.15, 0.2) is 0 Å². The van der Waals surface area contributed by atoms with Gasteiger partial charge in [-0.2, -0.15) is 0 Å². The van der Waals surface area contributed by atoms with Gasteiger partial charge in [0, 0.05) is 6.92 Å². The molecule has 0 aromatic carbocycles. The summed E-state index contributed by atoms with van der Waals surface area (Å²) in [5.74, 6) is 0.0201. The molecule has 0 bridgehead atoms. The quantitative estimate of drug-likeness (QED) is 0.855. The molecule has 1 saturated carbocycles. The second-order valence-electron chi connectivity index (χ2n) is 6.91. The average Bonchev–Trinajstić information content (AvgIpc) is 2.94. The molecule has 1 aliphatic carbocycles. The molecule has 0 atom stereocenters. The molecule has 0 unspecified atom stereocenters. The fourth-order valence-electron chi connectivity index (χ4n) is 2.80. The van der Waals surface area contributed by atoms with Crippen molar-refractivity contribution in [1.82, 2.24) is 10.3 Å². The lowest BCUT2D eigenvalue weighted by Crippen LogP contribution is -2.46. The van der Waals surface area contributed by atoms with E-state index in [0.717, 1.165) is 36.4 Å². The third kappa shape index (κ3) is 3.66. The lowest BCUT2D eigenvalue weighted by atomic mass is 9.99. The predicted octanol–water partition coefficient (Wildman–Crippen LogP) is 3.95.